The molecule has 2 aromatic rings. The smallest absolute Gasteiger partial charge is 0.285 e. The first kappa shape index (κ1) is 14.8. The zero-order chi connectivity index (χ0) is 15.6. The minimum Gasteiger partial charge on any atom is -0.369 e. The highest BCUT2D eigenvalue weighted by Gasteiger charge is 2.18. The van der Waals surface area contributed by atoms with Gasteiger partial charge in [0.05, 0.1) is 4.90 Å². The topological polar surface area (TPSA) is 75.8 Å². The number of fused-ring (bicyclic) bond motifs is 1. The Hall–Kier alpha value is -2.08. The summed E-state index contributed by atoms with van der Waals surface area (Å²) in [6, 6.07) is 12.6. The minimum atomic E-state index is -3.78. The Kier molecular flexibility index (Phi) is 4.02. The van der Waals surface area contributed by atoms with Gasteiger partial charge in [-0.05, 0) is 42.2 Å². The molecule has 2 aromatic carbocycles. The molecule has 0 radical (unpaired) electrons. The van der Waals surface area contributed by atoms with E-state index in [1.165, 1.54) is 0 Å². The maximum Gasteiger partial charge on any atom is 0.285 e. The molecule has 0 atom stereocenters. The highest BCUT2D eigenvalue weighted by Crippen LogP contribution is 2.20. The van der Waals surface area contributed by atoms with Crippen LogP contribution < -0.4 is 5.73 Å². The fourth-order valence-corrected chi connectivity index (χ4v) is 3.67. The Morgan fingerprint density at radius 2 is 1.68 bits per heavy atom. The number of hydrogen-bond donors (Lipinski definition) is 1. The van der Waals surface area contributed by atoms with E-state index in [0.717, 1.165) is 43.1 Å². The molecule has 0 unspecified atom stereocenters. The van der Waals surface area contributed by atoms with Gasteiger partial charge in [-0.2, -0.15) is 8.42 Å². The number of rotatable bonds is 2. The van der Waals surface area contributed by atoms with Gasteiger partial charge in [-0.15, -0.1) is 4.40 Å². The van der Waals surface area contributed by atoms with Crippen molar-refractivity contribution in [1.82, 2.24) is 4.90 Å². The van der Waals surface area contributed by atoms with Gasteiger partial charge in [-0.25, -0.2) is 0 Å². The Bertz CT molecular complexity index is 809. The van der Waals surface area contributed by atoms with E-state index in [0.29, 0.717) is 0 Å². The Balaban J connectivity index is 1.93. The molecule has 0 aromatic heterocycles. The molecule has 2 N–H and O–H groups in total. The zero-order valence-corrected chi connectivity index (χ0v) is 13.1. The lowest BCUT2D eigenvalue weighted by atomic mass is 10.1. The van der Waals surface area contributed by atoms with Crippen molar-refractivity contribution in [2.24, 2.45) is 10.1 Å². The Morgan fingerprint density at radius 3 is 2.41 bits per heavy atom. The summed E-state index contributed by atoms with van der Waals surface area (Å²) in [6.07, 6.45) is 3.19. The van der Waals surface area contributed by atoms with Crippen molar-refractivity contribution in [3.05, 3.63) is 42.5 Å². The Labute approximate surface area is 130 Å². The van der Waals surface area contributed by atoms with Crippen LogP contribution in [0.15, 0.2) is 51.8 Å². The summed E-state index contributed by atoms with van der Waals surface area (Å²) in [6.45, 7) is 1.53. The SMILES string of the molecule is N/C(=N/S(=O)(=O)c1ccc2ccccc2c1)N1CCCCC1. The number of piperidine rings is 1. The molecule has 116 valence electrons. The molecule has 3 rings (SSSR count). The lowest BCUT2D eigenvalue weighted by Crippen LogP contribution is -2.41. The van der Waals surface area contributed by atoms with Gasteiger partial charge in [0.1, 0.15) is 0 Å². The molecule has 22 heavy (non-hydrogen) atoms. The third-order valence-electron chi connectivity index (χ3n) is 3.91. The van der Waals surface area contributed by atoms with E-state index in [9.17, 15) is 8.42 Å². The van der Waals surface area contributed by atoms with Gasteiger partial charge in [0.2, 0.25) is 5.96 Å². The van der Waals surface area contributed by atoms with Crippen molar-refractivity contribution in [3.63, 3.8) is 0 Å². The highest BCUT2D eigenvalue weighted by molar-refractivity contribution is 7.90. The minimum absolute atomic E-state index is 0.0906. The van der Waals surface area contributed by atoms with E-state index < -0.39 is 10.0 Å². The van der Waals surface area contributed by atoms with Crippen molar-refractivity contribution in [3.8, 4) is 0 Å². The van der Waals surface area contributed by atoms with Crippen LogP contribution in [-0.2, 0) is 10.0 Å². The van der Waals surface area contributed by atoms with E-state index in [1.54, 1.807) is 18.2 Å². The van der Waals surface area contributed by atoms with Gasteiger partial charge in [0.25, 0.3) is 10.0 Å². The number of hydrogen-bond acceptors (Lipinski definition) is 2. The standard InChI is InChI=1S/C16H19N3O2S/c17-16(19-10-4-1-5-11-19)18-22(20,21)15-9-8-13-6-2-3-7-14(13)12-15/h2-3,6-9,12H,1,4-5,10-11H2,(H2,17,18). The van der Waals surface area contributed by atoms with Crippen molar-refractivity contribution in [2.45, 2.75) is 24.2 Å². The van der Waals surface area contributed by atoms with Gasteiger partial charge in [-0.1, -0.05) is 30.3 Å². The first-order valence-electron chi connectivity index (χ1n) is 7.40. The predicted octanol–water partition coefficient (Wildman–Crippen LogP) is 2.33. The second kappa shape index (κ2) is 5.96. The van der Waals surface area contributed by atoms with E-state index in [2.05, 4.69) is 4.40 Å². The van der Waals surface area contributed by atoms with Crippen molar-refractivity contribution >= 4 is 26.8 Å². The van der Waals surface area contributed by atoms with Gasteiger partial charge in [0.15, 0.2) is 0 Å². The molecule has 0 spiro atoms. The number of nitrogens with two attached hydrogens (primary N) is 1. The summed E-state index contributed by atoms with van der Waals surface area (Å²) < 4.78 is 28.7. The quantitative estimate of drug-likeness (QED) is 0.681. The lowest BCUT2D eigenvalue weighted by Gasteiger charge is -2.27. The molecule has 6 heteroatoms. The Morgan fingerprint density at radius 1 is 1.00 bits per heavy atom. The van der Waals surface area contributed by atoms with Crippen LogP contribution in [0.5, 0.6) is 0 Å². The summed E-state index contributed by atoms with van der Waals surface area (Å²) in [5.74, 6) is 0.0906. The van der Waals surface area contributed by atoms with Crippen LogP contribution in [0.25, 0.3) is 10.8 Å². The summed E-state index contributed by atoms with van der Waals surface area (Å²) in [5.41, 5.74) is 5.88. The van der Waals surface area contributed by atoms with Gasteiger partial charge in [-0.3, -0.25) is 0 Å². The van der Waals surface area contributed by atoms with Crippen molar-refractivity contribution in [2.75, 3.05) is 13.1 Å². The van der Waals surface area contributed by atoms with Crippen LogP contribution >= 0.6 is 0 Å². The third-order valence-corrected chi connectivity index (χ3v) is 5.19. The lowest BCUT2D eigenvalue weighted by molar-refractivity contribution is 0.339. The molecule has 0 saturated carbocycles. The average Bonchev–Trinajstić information content (AvgIpc) is 2.55. The van der Waals surface area contributed by atoms with Crippen LogP contribution in [0.3, 0.4) is 0 Å². The number of nitrogens with zero attached hydrogens (tertiary/aromatic N) is 2. The molecule has 0 bridgehead atoms. The maximum atomic E-state index is 12.4. The van der Waals surface area contributed by atoms with Gasteiger partial charge < -0.3 is 10.6 Å². The van der Waals surface area contributed by atoms with Gasteiger partial charge in [0, 0.05) is 13.1 Å². The first-order valence-corrected chi connectivity index (χ1v) is 8.84. The zero-order valence-electron chi connectivity index (χ0n) is 12.3. The number of sulfonamides is 1. The maximum absolute atomic E-state index is 12.4. The molecule has 0 amide bonds. The highest BCUT2D eigenvalue weighted by atomic mass is 32.2. The second-order valence-corrected chi connectivity index (χ2v) is 7.09. The molecule has 5 nitrogen and oxygen atoms in total. The summed E-state index contributed by atoms with van der Waals surface area (Å²) in [4.78, 5) is 2.01. The van der Waals surface area contributed by atoms with Gasteiger partial charge >= 0.3 is 0 Å². The molecule has 1 saturated heterocycles. The number of guanidine groups is 1. The molecule has 1 aliphatic rings. The first-order chi connectivity index (χ1) is 10.6. The van der Waals surface area contributed by atoms with E-state index in [-0.39, 0.29) is 10.9 Å². The van der Waals surface area contributed by atoms with Crippen molar-refractivity contribution in [1.29, 1.82) is 0 Å². The molecule has 1 aliphatic heterocycles. The van der Waals surface area contributed by atoms with E-state index in [4.69, 9.17) is 5.73 Å². The van der Waals surface area contributed by atoms with Crippen LogP contribution in [-0.4, -0.2) is 32.4 Å². The molecule has 0 aliphatic carbocycles. The van der Waals surface area contributed by atoms with Crippen LogP contribution in [0, 0.1) is 0 Å². The van der Waals surface area contributed by atoms with Crippen LogP contribution in [0.1, 0.15) is 19.3 Å². The molecular formula is C16H19N3O2S. The normalized spacial score (nSPS) is 16.9. The predicted molar refractivity (Wildman–Crippen MR) is 88.2 cm³/mol. The molecular weight excluding hydrogens is 298 g/mol. The number of benzene rings is 2. The van der Waals surface area contributed by atoms with Crippen molar-refractivity contribution < 1.29 is 8.42 Å². The summed E-state index contributed by atoms with van der Waals surface area (Å²) >= 11 is 0. The fourth-order valence-electron chi connectivity index (χ4n) is 2.68. The van der Waals surface area contributed by atoms with E-state index >= 15 is 0 Å². The summed E-state index contributed by atoms with van der Waals surface area (Å²) in [7, 11) is -3.78. The molecule has 1 heterocycles. The van der Waals surface area contributed by atoms with Crippen LogP contribution in [0.2, 0.25) is 0 Å². The van der Waals surface area contributed by atoms with E-state index in [1.807, 2.05) is 29.2 Å². The second-order valence-electron chi connectivity index (χ2n) is 5.48. The third kappa shape index (κ3) is 3.06. The number of likely N-dealkylation sites (tertiary alicyclic amines) is 1. The average molecular weight is 317 g/mol. The largest absolute Gasteiger partial charge is 0.369 e. The molecule has 1 fully saturated rings. The summed E-state index contributed by atoms with van der Waals surface area (Å²) in [5, 5.41) is 1.87. The fraction of sp³-hybridized carbons (Fsp3) is 0.312. The monoisotopic (exact) mass is 317 g/mol. The van der Waals surface area contributed by atoms with Crippen LogP contribution in [0.4, 0.5) is 0 Å².